The molecule has 0 aromatic heterocycles. The maximum absolute atomic E-state index is 12.9. The van der Waals surface area contributed by atoms with Crippen LogP contribution in [0.1, 0.15) is 16.7 Å². The second-order valence-electron chi connectivity index (χ2n) is 5.01. The van der Waals surface area contributed by atoms with Crippen molar-refractivity contribution in [3.63, 3.8) is 0 Å². The minimum Gasteiger partial charge on any atom is -0.325 e. The molecular weight excluding hydrogens is 323 g/mol. The molecule has 1 N–H and O–H groups in total. The molecule has 0 radical (unpaired) electrons. The SMILES string of the molecule is Cc1ccccc1CSCC(=O)Nc1ccccc1C(F)(F)F. The predicted molar refractivity (Wildman–Crippen MR) is 87.4 cm³/mol. The maximum atomic E-state index is 12.9. The third-order valence-corrected chi connectivity index (χ3v) is 4.24. The molecule has 0 aliphatic rings. The molecule has 0 atom stereocenters. The summed E-state index contributed by atoms with van der Waals surface area (Å²) < 4.78 is 38.6. The van der Waals surface area contributed by atoms with E-state index in [1.165, 1.54) is 30.0 Å². The van der Waals surface area contributed by atoms with Crippen LogP contribution in [0, 0.1) is 6.92 Å². The summed E-state index contributed by atoms with van der Waals surface area (Å²) in [5.41, 5.74) is 1.20. The number of hydrogen-bond donors (Lipinski definition) is 1. The second-order valence-corrected chi connectivity index (χ2v) is 6.00. The van der Waals surface area contributed by atoms with E-state index >= 15 is 0 Å². The molecule has 0 bridgehead atoms. The molecule has 0 heterocycles. The zero-order chi connectivity index (χ0) is 16.9. The van der Waals surface area contributed by atoms with E-state index in [9.17, 15) is 18.0 Å². The molecule has 0 fully saturated rings. The Kier molecular flexibility index (Phi) is 5.71. The van der Waals surface area contributed by atoms with Crippen LogP contribution >= 0.6 is 11.8 Å². The first kappa shape index (κ1) is 17.4. The smallest absolute Gasteiger partial charge is 0.325 e. The van der Waals surface area contributed by atoms with Gasteiger partial charge in [0.05, 0.1) is 17.0 Å². The molecule has 0 saturated carbocycles. The molecule has 122 valence electrons. The summed E-state index contributed by atoms with van der Waals surface area (Å²) in [6.45, 7) is 1.98. The number of carbonyl (C=O) groups excluding carboxylic acids is 1. The molecule has 0 aliphatic carbocycles. The van der Waals surface area contributed by atoms with E-state index in [0.29, 0.717) is 5.75 Å². The Labute approximate surface area is 137 Å². The van der Waals surface area contributed by atoms with Crippen LogP contribution < -0.4 is 5.32 Å². The lowest BCUT2D eigenvalue weighted by atomic mass is 10.1. The number of anilines is 1. The highest BCUT2D eigenvalue weighted by atomic mass is 32.2. The summed E-state index contributed by atoms with van der Waals surface area (Å²) in [6, 6.07) is 12.8. The summed E-state index contributed by atoms with van der Waals surface area (Å²) in [7, 11) is 0. The third kappa shape index (κ3) is 5.03. The lowest BCUT2D eigenvalue weighted by Crippen LogP contribution is -2.18. The van der Waals surface area contributed by atoms with Gasteiger partial charge in [0.15, 0.2) is 0 Å². The van der Waals surface area contributed by atoms with Crippen molar-refractivity contribution >= 4 is 23.4 Å². The van der Waals surface area contributed by atoms with Crippen molar-refractivity contribution < 1.29 is 18.0 Å². The monoisotopic (exact) mass is 339 g/mol. The lowest BCUT2D eigenvalue weighted by Gasteiger charge is -2.13. The molecule has 0 spiro atoms. The molecule has 6 heteroatoms. The Balaban J connectivity index is 1.92. The summed E-state index contributed by atoms with van der Waals surface area (Å²) in [5.74, 6) is 0.293. The quantitative estimate of drug-likeness (QED) is 0.841. The fraction of sp³-hybridized carbons (Fsp3) is 0.235. The highest BCUT2D eigenvalue weighted by molar-refractivity contribution is 7.99. The first-order valence-electron chi connectivity index (χ1n) is 6.96. The largest absolute Gasteiger partial charge is 0.418 e. The number of carbonyl (C=O) groups is 1. The van der Waals surface area contributed by atoms with Crippen molar-refractivity contribution in [2.45, 2.75) is 18.9 Å². The summed E-state index contributed by atoms with van der Waals surface area (Å²) in [5, 5.41) is 2.34. The summed E-state index contributed by atoms with van der Waals surface area (Å²) in [4.78, 5) is 11.9. The third-order valence-electron chi connectivity index (χ3n) is 3.26. The molecule has 2 aromatic carbocycles. The van der Waals surface area contributed by atoms with E-state index in [1.54, 1.807) is 0 Å². The highest BCUT2D eigenvalue weighted by Crippen LogP contribution is 2.34. The molecule has 1 amide bonds. The number of nitrogens with one attached hydrogen (secondary N) is 1. The van der Waals surface area contributed by atoms with Crippen molar-refractivity contribution in [2.24, 2.45) is 0 Å². The van der Waals surface area contributed by atoms with Gasteiger partial charge in [0, 0.05) is 5.75 Å². The van der Waals surface area contributed by atoms with Gasteiger partial charge in [-0.3, -0.25) is 4.79 Å². The standard InChI is InChI=1S/C17H16F3NOS/c1-12-6-2-3-7-13(12)10-23-11-16(22)21-15-9-5-4-8-14(15)17(18,19)20/h2-9H,10-11H2,1H3,(H,21,22). The zero-order valence-electron chi connectivity index (χ0n) is 12.5. The van der Waals surface area contributed by atoms with Gasteiger partial charge in [-0.05, 0) is 30.2 Å². The van der Waals surface area contributed by atoms with Crippen LogP contribution in [0.3, 0.4) is 0 Å². The number of halogens is 3. The number of amides is 1. The van der Waals surface area contributed by atoms with E-state index in [1.807, 2.05) is 31.2 Å². The number of aryl methyl sites for hydroxylation is 1. The maximum Gasteiger partial charge on any atom is 0.418 e. The van der Waals surface area contributed by atoms with Crippen LogP contribution in [0.15, 0.2) is 48.5 Å². The van der Waals surface area contributed by atoms with Gasteiger partial charge in [0.2, 0.25) is 5.91 Å². The minimum absolute atomic E-state index is 0.0977. The molecule has 23 heavy (non-hydrogen) atoms. The minimum atomic E-state index is -4.49. The number of para-hydroxylation sites is 1. The number of rotatable bonds is 5. The van der Waals surface area contributed by atoms with Gasteiger partial charge in [-0.2, -0.15) is 13.2 Å². The Hall–Kier alpha value is -1.95. The van der Waals surface area contributed by atoms with Gasteiger partial charge in [-0.1, -0.05) is 36.4 Å². The molecule has 0 aliphatic heterocycles. The van der Waals surface area contributed by atoms with Crippen molar-refractivity contribution in [3.05, 3.63) is 65.2 Å². The Bertz CT molecular complexity index is 686. The first-order chi connectivity index (χ1) is 10.9. The first-order valence-corrected chi connectivity index (χ1v) is 8.11. The predicted octanol–water partition coefficient (Wildman–Crippen LogP) is 4.89. The molecule has 2 rings (SSSR count). The Morgan fingerprint density at radius 1 is 1.09 bits per heavy atom. The highest BCUT2D eigenvalue weighted by Gasteiger charge is 2.33. The van der Waals surface area contributed by atoms with Gasteiger partial charge in [0.25, 0.3) is 0 Å². The van der Waals surface area contributed by atoms with Crippen LogP contribution in [0.5, 0.6) is 0 Å². The average molecular weight is 339 g/mol. The van der Waals surface area contributed by atoms with E-state index < -0.39 is 17.6 Å². The van der Waals surface area contributed by atoms with Gasteiger partial charge >= 0.3 is 6.18 Å². The number of alkyl halides is 3. The van der Waals surface area contributed by atoms with Crippen molar-refractivity contribution in [1.82, 2.24) is 0 Å². The van der Waals surface area contributed by atoms with Crippen molar-refractivity contribution in [3.8, 4) is 0 Å². The Morgan fingerprint density at radius 2 is 1.74 bits per heavy atom. The Morgan fingerprint density at radius 3 is 2.43 bits per heavy atom. The summed E-state index contributed by atoms with van der Waals surface area (Å²) in [6.07, 6.45) is -4.49. The second kappa shape index (κ2) is 7.55. The number of hydrogen-bond acceptors (Lipinski definition) is 2. The summed E-state index contributed by atoms with van der Waals surface area (Å²) >= 11 is 1.37. The van der Waals surface area contributed by atoms with Crippen LogP contribution in [0.25, 0.3) is 0 Å². The van der Waals surface area contributed by atoms with E-state index in [4.69, 9.17) is 0 Å². The number of benzene rings is 2. The molecule has 0 unspecified atom stereocenters. The fourth-order valence-corrected chi connectivity index (χ4v) is 2.95. The van der Waals surface area contributed by atoms with E-state index in [-0.39, 0.29) is 11.4 Å². The van der Waals surface area contributed by atoms with Crippen LogP contribution in [0.2, 0.25) is 0 Å². The van der Waals surface area contributed by atoms with Gasteiger partial charge in [-0.15, -0.1) is 11.8 Å². The van der Waals surface area contributed by atoms with Crippen molar-refractivity contribution in [1.29, 1.82) is 0 Å². The average Bonchev–Trinajstić information content (AvgIpc) is 2.49. The van der Waals surface area contributed by atoms with Crippen LogP contribution in [0.4, 0.5) is 18.9 Å². The molecule has 2 nitrogen and oxygen atoms in total. The van der Waals surface area contributed by atoms with Crippen molar-refractivity contribution in [2.75, 3.05) is 11.1 Å². The van der Waals surface area contributed by atoms with E-state index in [2.05, 4.69) is 5.32 Å². The molecule has 2 aromatic rings. The zero-order valence-corrected chi connectivity index (χ0v) is 13.3. The van der Waals surface area contributed by atoms with Gasteiger partial charge < -0.3 is 5.32 Å². The molecular formula is C17H16F3NOS. The van der Waals surface area contributed by atoms with E-state index in [0.717, 1.165) is 17.2 Å². The van der Waals surface area contributed by atoms with Crippen LogP contribution in [-0.2, 0) is 16.7 Å². The fourth-order valence-electron chi connectivity index (χ4n) is 2.05. The van der Waals surface area contributed by atoms with Crippen LogP contribution in [-0.4, -0.2) is 11.7 Å². The van der Waals surface area contributed by atoms with Gasteiger partial charge in [-0.25, -0.2) is 0 Å². The van der Waals surface area contributed by atoms with Gasteiger partial charge in [0.1, 0.15) is 0 Å². The molecule has 0 saturated heterocycles. The topological polar surface area (TPSA) is 29.1 Å². The lowest BCUT2D eigenvalue weighted by molar-refractivity contribution is -0.137. The normalized spacial score (nSPS) is 11.3. The number of thioether (sulfide) groups is 1.